The number of carbonyl (C=O) groups is 1. The molecule has 4 rings (SSSR count). The molecule has 2 aromatic carbocycles. The quantitative estimate of drug-likeness (QED) is 0.490. The molecule has 2 heterocycles. The molecule has 0 aliphatic rings. The van der Waals surface area contributed by atoms with Crippen LogP contribution < -0.4 is 5.32 Å². The second kappa shape index (κ2) is 7.94. The molecule has 0 saturated carbocycles. The minimum Gasteiger partial charge on any atom is -0.462 e. The number of hydrogen-bond donors (Lipinski definition) is 1. The van der Waals surface area contributed by atoms with Gasteiger partial charge in [-0.05, 0) is 75.7 Å². The van der Waals surface area contributed by atoms with Crippen LogP contribution in [-0.2, 0) is 4.74 Å². The Kier molecular flexibility index (Phi) is 5.18. The van der Waals surface area contributed by atoms with Gasteiger partial charge in [-0.25, -0.2) is 19.4 Å². The summed E-state index contributed by atoms with van der Waals surface area (Å²) < 4.78 is 6.83. The molecule has 0 saturated heterocycles. The van der Waals surface area contributed by atoms with Gasteiger partial charge in [0.25, 0.3) is 0 Å². The lowest BCUT2D eigenvalue weighted by Crippen LogP contribution is -2.09. The van der Waals surface area contributed by atoms with Gasteiger partial charge in [0.15, 0.2) is 11.6 Å². The smallest absolute Gasteiger partial charge is 0.338 e. The molecule has 4 aromatic rings. The molecule has 0 bridgehead atoms. The van der Waals surface area contributed by atoms with Gasteiger partial charge in [-0.1, -0.05) is 6.07 Å². The number of hydrogen-bond acceptors (Lipinski definition) is 6. The molecule has 30 heavy (non-hydrogen) atoms. The van der Waals surface area contributed by atoms with Gasteiger partial charge < -0.3 is 10.1 Å². The first-order chi connectivity index (χ1) is 14.4. The van der Waals surface area contributed by atoms with E-state index in [1.807, 2.05) is 57.2 Å². The van der Waals surface area contributed by atoms with Crippen molar-refractivity contribution in [3.8, 4) is 5.82 Å². The maximum atomic E-state index is 11.9. The van der Waals surface area contributed by atoms with E-state index >= 15 is 0 Å². The first kappa shape index (κ1) is 19.6. The van der Waals surface area contributed by atoms with Crippen LogP contribution in [0.4, 0.5) is 11.5 Å². The normalized spacial score (nSPS) is 10.9. The molecule has 0 aliphatic heterocycles. The largest absolute Gasteiger partial charge is 0.462 e. The van der Waals surface area contributed by atoms with Gasteiger partial charge in [-0.15, -0.1) is 0 Å². The molecule has 7 heteroatoms. The summed E-state index contributed by atoms with van der Waals surface area (Å²) in [6, 6.07) is 15.1. The van der Waals surface area contributed by atoms with E-state index in [4.69, 9.17) is 14.7 Å². The van der Waals surface area contributed by atoms with Crippen LogP contribution in [-0.4, -0.2) is 32.3 Å². The van der Waals surface area contributed by atoms with Crippen LogP contribution in [0.15, 0.2) is 48.5 Å². The summed E-state index contributed by atoms with van der Waals surface area (Å²) in [7, 11) is 0. The molecule has 0 amide bonds. The molecule has 1 N–H and O–H groups in total. The number of rotatable bonds is 5. The SMILES string of the molecule is CCOC(=O)c1ccc(Nc2nc3ccc(C)cc3nc2-n2nc(C)cc2C)cc1. The lowest BCUT2D eigenvalue weighted by Gasteiger charge is -2.13. The predicted octanol–water partition coefficient (Wildman–Crippen LogP) is 4.66. The monoisotopic (exact) mass is 401 g/mol. The van der Waals surface area contributed by atoms with E-state index in [0.717, 1.165) is 33.7 Å². The number of ether oxygens (including phenoxy) is 1. The number of benzene rings is 2. The number of nitrogens with one attached hydrogen (secondary N) is 1. The van der Waals surface area contributed by atoms with E-state index in [1.165, 1.54) is 0 Å². The first-order valence-corrected chi connectivity index (χ1v) is 9.81. The summed E-state index contributed by atoms with van der Waals surface area (Å²) in [5, 5.41) is 7.91. The molecular formula is C23H23N5O2. The fraction of sp³-hybridized carbons (Fsp3) is 0.217. The van der Waals surface area contributed by atoms with Crippen LogP contribution in [0.5, 0.6) is 0 Å². The maximum absolute atomic E-state index is 11.9. The van der Waals surface area contributed by atoms with Crippen molar-refractivity contribution < 1.29 is 9.53 Å². The van der Waals surface area contributed by atoms with Gasteiger partial charge in [0.05, 0.1) is 28.9 Å². The Bertz CT molecular complexity index is 1230. The number of fused-ring (bicyclic) bond motifs is 1. The Labute approximate surface area is 174 Å². The zero-order valence-corrected chi connectivity index (χ0v) is 17.4. The van der Waals surface area contributed by atoms with E-state index in [9.17, 15) is 4.79 Å². The van der Waals surface area contributed by atoms with E-state index in [-0.39, 0.29) is 5.97 Å². The van der Waals surface area contributed by atoms with Crippen molar-refractivity contribution in [3.05, 3.63) is 71.0 Å². The van der Waals surface area contributed by atoms with E-state index < -0.39 is 0 Å². The van der Waals surface area contributed by atoms with Crippen molar-refractivity contribution in [2.45, 2.75) is 27.7 Å². The molecule has 0 fully saturated rings. The van der Waals surface area contributed by atoms with Crippen LogP contribution in [0, 0.1) is 20.8 Å². The fourth-order valence-electron chi connectivity index (χ4n) is 3.27. The zero-order valence-electron chi connectivity index (χ0n) is 17.4. The van der Waals surface area contributed by atoms with Gasteiger partial charge >= 0.3 is 5.97 Å². The standard InChI is InChI=1S/C23H23N5O2/c1-5-30-23(29)17-7-9-18(10-8-17)24-21-22(28-16(4)13-15(3)27-28)26-20-12-14(2)6-11-19(20)25-21/h6-13H,5H2,1-4H3,(H,24,25). The number of nitrogens with zero attached hydrogens (tertiary/aromatic N) is 4. The lowest BCUT2D eigenvalue weighted by molar-refractivity contribution is 0.0526. The Morgan fingerprint density at radius 3 is 2.43 bits per heavy atom. The van der Waals surface area contributed by atoms with Gasteiger partial charge in [0, 0.05) is 11.4 Å². The average molecular weight is 401 g/mol. The van der Waals surface area contributed by atoms with Crippen molar-refractivity contribution in [3.63, 3.8) is 0 Å². The summed E-state index contributed by atoms with van der Waals surface area (Å²) >= 11 is 0. The average Bonchev–Trinajstić information content (AvgIpc) is 3.06. The third-order valence-electron chi connectivity index (χ3n) is 4.67. The zero-order chi connectivity index (χ0) is 21.3. The van der Waals surface area contributed by atoms with Crippen LogP contribution in [0.2, 0.25) is 0 Å². The summed E-state index contributed by atoms with van der Waals surface area (Å²) in [5.41, 5.74) is 5.87. The molecular weight excluding hydrogens is 378 g/mol. The molecule has 2 aromatic heterocycles. The Balaban J connectivity index is 1.77. The van der Waals surface area contributed by atoms with Crippen LogP contribution >= 0.6 is 0 Å². The number of carbonyl (C=O) groups excluding carboxylic acids is 1. The van der Waals surface area contributed by atoms with E-state index in [0.29, 0.717) is 23.8 Å². The summed E-state index contributed by atoms with van der Waals surface area (Å²) in [5.74, 6) is 0.864. The molecule has 0 radical (unpaired) electrons. The van der Waals surface area contributed by atoms with Crippen molar-refractivity contribution in [2.75, 3.05) is 11.9 Å². The number of esters is 1. The molecule has 0 spiro atoms. The second-order valence-electron chi connectivity index (χ2n) is 7.15. The fourth-order valence-corrected chi connectivity index (χ4v) is 3.27. The Morgan fingerprint density at radius 2 is 1.77 bits per heavy atom. The van der Waals surface area contributed by atoms with Crippen LogP contribution in [0.3, 0.4) is 0 Å². The molecule has 152 valence electrons. The summed E-state index contributed by atoms with van der Waals surface area (Å²) in [6.07, 6.45) is 0. The number of aromatic nitrogens is 4. The maximum Gasteiger partial charge on any atom is 0.338 e. The minimum absolute atomic E-state index is 0.340. The number of aryl methyl sites for hydroxylation is 3. The summed E-state index contributed by atoms with van der Waals surface area (Å²) in [6.45, 7) is 8.09. The van der Waals surface area contributed by atoms with Crippen molar-refractivity contribution in [1.82, 2.24) is 19.7 Å². The van der Waals surface area contributed by atoms with Gasteiger partial charge in [0.1, 0.15) is 0 Å². The number of anilines is 2. The minimum atomic E-state index is -0.340. The predicted molar refractivity (Wildman–Crippen MR) is 117 cm³/mol. The highest BCUT2D eigenvalue weighted by Crippen LogP contribution is 2.26. The lowest BCUT2D eigenvalue weighted by atomic mass is 10.2. The topological polar surface area (TPSA) is 81.9 Å². The Morgan fingerprint density at radius 1 is 1.00 bits per heavy atom. The molecule has 0 atom stereocenters. The Hall–Kier alpha value is -3.74. The third kappa shape index (κ3) is 3.87. The van der Waals surface area contributed by atoms with Gasteiger partial charge in [-0.2, -0.15) is 5.10 Å². The second-order valence-corrected chi connectivity index (χ2v) is 7.15. The molecule has 7 nitrogen and oxygen atoms in total. The highest BCUT2D eigenvalue weighted by atomic mass is 16.5. The van der Waals surface area contributed by atoms with Crippen LogP contribution in [0.1, 0.15) is 34.2 Å². The van der Waals surface area contributed by atoms with Gasteiger partial charge in [0.2, 0.25) is 0 Å². The van der Waals surface area contributed by atoms with Gasteiger partial charge in [-0.3, -0.25) is 0 Å². The van der Waals surface area contributed by atoms with Crippen molar-refractivity contribution in [2.24, 2.45) is 0 Å². The van der Waals surface area contributed by atoms with E-state index in [2.05, 4.69) is 10.4 Å². The molecule has 0 unspecified atom stereocenters. The highest BCUT2D eigenvalue weighted by Gasteiger charge is 2.15. The summed E-state index contributed by atoms with van der Waals surface area (Å²) in [4.78, 5) is 21.5. The van der Waals surface area contributed by atoms with Crippen molar-refractivity contribution in [1.29, 1.82) is 0 Å². The third-order valence-corrected chi connectivity index (χ3v) is 4.67. The van der Waals surface area contributed by atoms with E-state index in [1.54, 1.807) is 23.7 Å². The highest BCUT2D eigenvalue weighted by molar-refractivity contribution is 5.90. The first-order valence-electron chi connectivity index (χ1n) is 9.81. The van der Waals surface area contributed by atoms with Crippen LogP contribution in [0.25, 0.3) is 16.9 Å². The molecule has 0 aliphatic carbocycles. The van der Waals surface area contributed by atoms with Crippen molar-refractivity contribution >= 4 is 28.5 Å².